The molecule has 11 heteroatoms. The van der Waals surface area contributed by atoms with Crippen molar-refractivity contribution in [1.29, 1.82) is 0 Å². The van der Waals surface area contributed by atoms with Crippen molar-refractivity contribution in [3.8, 4) is 5.75 Å². The van der Waals surface area contributed by atoms with Gasteiger partial charge in [0.2, 0.25) is 0 Å². The average molecular weight is 470 g/mol. The Morgan fingerprint density at radius 3 is 2.50 bits per heavy atom. The van der Waals surface area contributed by atoms with E-state index in [4.69, 9.17) is 8.92 Å². The van der Waals surface area contributed by atoms with Gasteiger partial charge in [0.1, 0.15) is 22.3 Å². The quantitative estimate of drug-likeness (QED) is 0.169. The first kappa shape index (κ1) is 21.4. The lowest BCUT2D eigenvalue weighted by Gasteiger charge is -2.08. The second-order valence-corrected chi connectivity index (χ2v) is 9.13. The normalized spacial score (nSPS) is 11.2. The van der Waals surface area contributed by atoms with Crippen molar-refractivity contribution in [2.24, 2.45) is 0 Å². The number of aromatic nitrogens is 1. The molecule has 0 aliphatic rings. The highest BCUT2D eigenvalue weighted by atomic mass is 32.2. The first-order valence-electron chi connectivity index (χ1n) is 9.12. The van der Waals surface area contributed by atoms with Crippen LogP contribution in [0.15, 0.2) is 77.7 Å². The van der Waals surface area contributed by atoms with E-state index in [1.807, 2.05) is 24.3 Å². The smallest absolute Gasteiger partial charge is 0.339 e. The molecule has 0 N–H and O–H groups in total. The Morgan fingerprint density at radius 2 is 1.78 bits per heavy atom. The van der Waals surface area contributed by atoms with Crippen LogP contribution in [0, 0.1) is 10.1 Å². The fourth-order valence-electron chi connectivity index (χ4n) is 2.77. The zero-order valence-corrected chi connectivity index (χ0v) is 17.8. The lowest BCUT2D eigenvalue weighted by molar-refractivity contribution is -0.385. The van der Waals surface area contributed by atoms with Crippen LogP contribution in [-0.2, 0) is 21.5 Å². The Balaban J connectivity index is 1.41. The Labute approximate surface area is 186 Å². The second-order valence-electron chi connectivity index (χ2n) is 6.47. The molecule has 32 heavy (non-hydrogen) atoms. The molecule has 3 aromatic carbocycles. The van der Waals surface area contributed by atoms with E-state index >= 15 is 0 Å². The standard InChI is InChI=1S/C21H14N2O7S2/c24-21(29-13-20-22-18-6-1-2-7-19(18)31-20)14-8-10-16(11-9-14)30-32(27,28)17-5-3-4-15(12-17)23(25)26/h1-12H,13H2. The topological polar surface area (TPSA) is 126 Å². The van der Waals surface area contributed by atoms with E-state index in [1.54, 1.807) is 0 Å². The maximum Gasteiger partial charge on any atom is 0.339 e. The van der Waals surface area contributed by atoms with Crippen LogP contribution < -0.4 is 4.18 Å². The van der Waals surface area contributed by atoms with Gasteiger partial charge in [0.05, 0.1) is 20.7 Å². The van der Waals surface area contributed by atoms with E-state index in [-0.39, 0.29) is 28.5 Å². The number of carbonyl (C=O) groups is 1. The van der Waals surface area contributed by atoms with Crippen LogP contribution >= 0.6 is 11.3 Å². The number of nitro benzene ring substituents is 1. The second kappa shape index (κ2) is 8.73. The SMILES string of the molecule is O=C(OCc1nc2ccccc2s1)c1ccc(OS(=O)(=O)c2cccc([N+](=O)[O-])c2)cc1. The molecule has 0 amide bonds. The minimum atomic E-state index is -4.29. The summed E-state index contributed by atoms with van der Waals surface area (Å²) in [5.41, 5.74) is 0.655. The molecule has 0 unspecified atom stereocenters. The molecule has 0 radical (unpaired) electrons. The number of benzene rings is 3. The summed E-state index contributed by atoms with van der Waals surface area (Å²) < 4.78 is 36.0. The highest BCUT2D eigenvalue weighted by Gasteiger charge is 2.20. The highest BCUT2D eigenvalue weighted by molar-refractivity contribution is 7.87. The summed E-state index contributed by atoms with van der Waals surface area (Å²) in [5.74, 6) is -0.656. The minimum absolute atomic E-state index is 0.0115. The molecule has 1 aromatic heterocycles. The molecule has 4 rings (SSSR count). The Hall–Kier alpha value is -3.83. The summed E-state index contributed by atoms with van der Waals surface area (Å²) in [6, 6.07) is 17.4. The van der Waals surface area contributed by atoms with Crippen molar-refractivity contribution in [3.05, 3.63) is 93.5 Å². The van der Waals surface area contributed by atoms with Crippen LogP contribution in [0.3, 0.4) is 0 Å². The summed E-state index contributed by atoms with van der Waals surface area (Å²) in [6.07, 6.45) is 0. The number of thiazole rings is 1. The molecule has 9 nitrogen and oxygen atoms in total. The molecule has 0 aliphatic carbocycles. The third kappa shape index (κ3) is 4.74. The van der Waals surface area contributed by atoms with E-state index in [0.717, 1.165) is 16.3 Å². The summed E-state index contributed by atoms with van der Waals surface area (Å²) in [5, 5.41) is 11.5. The van der Waals surface area contributed by atoms with E-state index < -0.39 is 21.0 Å². The number of para-hydroxylation sites is 1. The van der Waals surface area contributed by atoms with Crippen molar-refractivity contribution in [2.75, 3.05) is 0 Å². The molecule has 162 valence electrons. The number of nitro groups is 1. The third-order valence-electron chi connectivity index (χ3n) is 4.28. The Kier molecular flexibility index (Phi) is 5.84. The third-order valence-corrected chi connectivity index (χ3v) is 6.53. The summed E-state index contributed by atoms with van der Waals surface area (Å²) in [7, 11) is -4.29. The van der Waals surface area contributed by atoms with E-state index in [9.17, 15) is 23.3 Å². The number of nitrogens with zero attached hydrogens (tertiary/aromatic N) is 2. The molecule has 4 aromatic rings. The van der Waals surface area contributed by atoms with Gasteiger partial charge in [-0.05, 0) is 42.5 Å². The minimum Gasteiger partial charge on any atom is -0.455 e. The van der Waals surface area contributed by atoms with Gasteiger partial charge in [-0.15, -0.1) is 11.3 Å². The van der Waals surface area contributed by atoms with Gasteiger partial charge in [-0.2, -0.15) is 8.42 Å². The first-order valence-corrected chi connectivity index (χ1v) is 11.3. The number of hydrogen-bond donors (Lipinski definition) is 0. The van der Waals surface area contributed by atoms with Crippen molar-refractivity contribution in [3.63, 3.8) is 0 Å². The van der Waals surface area contributed by atoms with Crippen LogP contribution in [0.1, 0.15) is 15.4 Å². The largest absolute Gasteiger partial charge is 0.455 e. The number of fused-ring (bicyclic) bond motifs is 1. The van der Waals surface area contributed by atoms with Gasteiger partial charge in [-0.1, -0.05) is 18.2 Å². The summed E-state index contributed by atoms with van der Waals surface area (Å²) >= 11 is 1.43. The highest BCUT2D eigenvalue weighted by Crippen LogP contribution is 2.24. The zero-order chi connectivity index (χ0) is 22.7. The van der Waals surface area contributed by atoms with E-state index in [1.165, 1.54) is 53.8 Å². The maximum atomic E-state index is 12.4. The molecule has 1 heterocycles. The van der Waals surface area contributed by atoms with Gasteiger partial charge >= 0.3 is 16.1 Å². The molecule has 0 aliphatic heterocycles. The van der Waals surface area contributed by atoms with Gasteiger partial charge in [0, 0.05) is 12.1 Å². The number of hydrogen-bond acceptors (Lipinski definition) is 9. The van der Waals surface area contributed by atoms with Crippen molar-refractivity contribution >= 4 is 43.3 Å². The molecule has 0 bridgehead atoms. The van der Waals surface area contributed by atoms with Gasteiger partial charge in [0.15, 0.2) is 0 Å². The zero-order valence-electron chi connectivity index (χ0n) is 16.2. The molecular formula is C21H14N2O7S2. The van der Waals surface area contributed by atoms with Crippen LogP contribution in [0.4, 0.5) is 5.69 Å². The fraction of sp³-hybridized carbons (Fsp3) is 0.0476. The lowest BCUT2D eigenvalue weighted by atomic mass is 10.2. The number of esters is 1. The molecule has 0 spiro atoms. The van der Waals surface area contributed by atoms with Gasteiger partial charge < -0.3 is 8.92 Å². The number of ether oxygens (including phenoxy) is 1. The molecule has 0 saturated heterocycles. The maximum absolute atomic E-state index is 12.4. The fourth-order valence-corrected chi connectivity index (χ4v) is 4.62. The molecule has 0 saturated carbocycles. The van der Waals surface area contributed by atoms with Gasteiger partial charge in [0.25, 0.3) is 5.69 Å². The van der Waals surface area contributed by atoms with Gasteiger partial charge in [-0.25, -0.2) is 9.78 Å². The predicted octanol–water partition coefficient (Wildman–Crippen LogP) is 4.33. The van der Waals surface area contributed by atoms with Crippen molar-refractivity contribution in [1.82, 2.24) is 4.98 Å². The van der Waals surface area contributed by atoms with E-state index in [0.29, 0.717) is 5.01 Å². The average Bonchev–Trinajstić information content (AvgIpc) is 3.21. The number of rotatable bonds is 7. The van der Waals surface area contributed by atoms with Crippen LogP contribution in [0.25, 0.3) is 10.2 Å². The summed E-state index contributed by atoms with van der Waals surface area (Å²) in [4.78, 5) is 26.5. The predicted molar refractivity (Wildman–Crippen MR) is 116 cm³/mol. The Morgan fingerprint density at radius 1 is 1.03 bits per heavy atom. The van der Waals surface area contributed by atoms with Gasteiger partial charge in [-0.3, -0.25) is 10.1 Å². The van der Waals surface area contributed by atoms with Crippen LogP contribution in [-0.4, -0.2) is 24.3 Å². The number of non-ortho nitro benzene ring substituents is 1. The lowest BCUT2D eigenvalue weighted by Crippen LogP contribution is -2.10. The molecule has 0 atom stereocenters. The van der Waals surface area contributed by atoms with Crippen molar-refractivity contribution in [2.45, 2.75) is 11.5 Å². The number of carbonyl (C=O) groups excluding carboxylic acids is 1. The molecule has 0 fully saturated rings. The summed E-state index contributed by atoms with van der Waals surface area (Å²) in [6.45, 7) is 0.0115. The van der Waals surface area contributed by atoms with Crippen molar-refractivity contribution < 1.29 is 27.1 Å². The molecular weight excluding hydrogens is 456 g/mol. The monoisotopic (exact) mass is 470 g/mol. The van der Waals surface area contributed by atoms with Crippen LogP contribution in [0.5, 0.6) is 5.75 Å². The first-order chi connectivity index (χ1) is 15.3. The van der Waals surface area contributed by atoms with E-state index in [2.05, 4.69) is 4.98 Å². The Bertz CT molecular complexity index is 1380. The van der Waals surface area contributed by atoms with Crippen LogP contribution in [0.2, 0.25) is 0 Å².